The lowest BCUT2D eigenvalue weighted by molar-refractivity contribution is 0.0945. The Morgan fingerprint density at radius 2 is 2.23 bits per heavy atom. The van der Waals surface area contributed by atoms with Crippen molar-refractivity contribution in [3.8, 4) is 0 Å². The van der Waals surface area contributed by atoms with Crippen LogP contribution in [0.4, 0.5) is 4.39 Å². The minimum absolute atomic E-state index is 0. The first-order chi connectivity index (χ1) is 10.1. The lowest BCUT2D eigenvalue weighted by Crippen LogP contribution is -2.32. The van der Waals surface area contributed by atoms with Crippen molar-refractivity contribution in [2.45, 2.75) is 24.8 Å². The zero-order valence-electron chi connectivity index (χ0n) is 11.8. The molecular formula is C15H17ClFN3OS. The fourth-order valence-corrected chi connectivity index (χ4v) is 3.04. The number of nitrogens with two attached hydrogens (primary N) is 1. The van der Waals surface area contributed by atoms with Crippen molar-refractivity contribution in [1.82, 2.24) is 10.3 Å². The van der Waals surface area contributed by atoms with E-state index in [1.165, 1.54) is 17.4 Å². The van der Waals surface area contributed by atoms with Crippen LogP contribution in [-0.2, 0) is 12.0 Å². The molecule has 1 amide bonds. The van der Waals surface area contributed by atoms with E-state index in [1.54, 1.807) is 17.5 Å². The summed E-state index contributed by atoms with van der Waals surface area (Å²) in [5.74, 6) is -0.439. The molecule has 22 heavy (non-hydrogen) atoms. The lowest BCUT2D eigenvalue weighted by atomic mass is 9.96. The van der Waals surface area contributed by atoms with Gasteiger partial charge < -0.3 is 11.1 Å². The summed E-state index contributed by atoms with van der Waals surface area (Å²) in [6.07, 6.45) is 1.92. The fourth-order valence-electron chi connectivity index (χ4n) is 2.39. The molecular weight excluding hydrogens is 325 g/mol. The highest BCUT2D eigenvalue weighted by atomic mass is 35.5. The lowest BCUT2D eigenvalue weighted by Gasteiger charge is -2.16. The Bertz CT molecular complexity index is 672. The van der Waals surface area contributed by atoms with E-state index in [9.17, 15) is 9.18 Å². The van der Waals surface area contributed by atoms with E-state index in [0.717, 1.165) is 23.4 Å². The topological polar surface area (TPSA) is 68.0 Å². The third-order valence-electron chi connectivity index (χ3n) is 3.84. The average molecular weight is 342 g/mol. The van der Waals surface area contributed by atoms with Crippen molar-refractivity contribution < 1.29 is 9.18 Å². The summed E-state index contributed by atoms with van der Waals surface area (Å²) in [5.41, 5.74) is 6.71. The maximum absolute atomic E-state index is 13.3. The number of amides is 1. The van der Waals surface area contributed by atoms with Gasteiger partial charge in [-0.3, -0.25) is 4.79 Å². The third-order valence-corrected chi connectivity index (χ3v) is 4.71. The molecule has 0 radical (unpaired) electrons. The molecule has 1 saturated carbocycles. The van der Waals surface area contributed by atoms with Crippen LogP contribution >= 0.6 is 23.7 Å². The number of carbonyl (C=O) groups is 1. The minimum atomic E-state index is -0.239. The average Bonchev–Trinajstić information content (AvgIpc) is 3.13. The van der Waals surface area contributed by atoms with Crippen molar-refractivity contribution in [2.24, 2.45) is 5.73 Å². The molecule has 7 heteroatoms. The Labute approximate surface area is 138 Å². The Morgan fingerprint density at radius 1 is 1.45 bits per heavy atom. The highest BCUT2D eigenvalue weighted by Crippen LogP contribution is 2.47. The molecule has 0 bridgehead atoms. The summed E-state index contributed by atoms with van der Waals surface area (Å²) < 4.78 is 13.3. The van der Waals surface area contributed by atoms with Crippen molar-refractivity contribution in [2.75, 3.05) is 6.54 Å². The van der Waals surface area contributed by atoms with Gasteiger partial charge in [0.15, 0.2) is 0 Å². The van der Waals surface area contributed by atoms with Gasteiger partial charge in [-0.05, 0) is 30.5 Å². The second-order valence-corrected chi connectivity index (χ2v) is 6.25. The number of hydrogen-bond acceptors (Lipinski definition) is 4. The van der Waals surface area contributed by atoms with Gasteiger partial charge in [-0.1, -0.05) is 12.1 Å². The molecule has 3 rings (SSSR count). The molecule has 1 heterocycles. The standard InChI is InChI=1S/C15H16FN3OS.ClH/c16-11-3-1-2-10(6-11)15(4-5-15)9-18-14(20)12-8-21-13(7-17)19-12;/h1-3,6,8H,4-5,7,9,17H2,(H,18,20);1H. The first kappa shape index (κ1) is 16.9. The summed E-state index contributed by atoms with van der Waals surface area (Å²) >= 11 is 1.38. The molecule has 0 spiro atoms. The Morgan fingerprint density at radius 3 is 2.82 bits per heavy atom. The SMILES string of the molecule is Cl.NCc1nc(C(=O)NCC2(c3cccc(F)c3)CC2)cs1. The number of nitrogens with zero attached hydrogens (tertiary/aromatic N) is 1. The normalized spacial score (nSPS) is 15.0. The number of carbonyl (C=O) groups excluding carboxylic acids is 1. The molecule has 0 saturated heterocycles. The Balaban J connectivity index is 0.00000176. The van der Waals surface area contributed by atoms with E-state index in [1.807, 2.05) is 6.07 Å². The van der Waals surface area contributed by atoms with Crippen LogP contribution in [0.15, 0.2) is 29.6 Å². The van der Waals surface area contributed by atoms with Gasteiger partial charge in [0, 0.05) is 23.9 Å². The van der Waals surface area contributed by atoms with Crippen LogP contribution in [0.25, 0.3) is 0 Å². The van der Waals surface area contributed by atoms with Crippen LogP contribution in [0, 0.1) is 5.82 Å². The molecule has 1 aromatic heterocycles. The molecule has 2 aromatic rings. The maximum Gasteiger partial charge on any atom is 0.270 e. The minimum Gasteiger partial charge on any atom is -0.350 e. The molecule has 3 N–H and O–H groups in total. The van der Waals surface area contributed by atoms with E-state index in [2.05, 4.69) is 10.3 Å². The van der Waals surface area contributed by atoms with E-state index >= 15 is 0 Å². The Kier molecular flexibility index (Phi) is 5.16. The van der Waals surface area contributed by atoms with Crippen LogP contribution in [-0.4, -0.2) is 17.4 Å². The number of aromatic nitrogens is 1. The van der Waals surface area contributed by atoms with Crippen LogP contribution in [0.3, 0.4) is 0 Å². The number of hydrogen-bond donors (Lipinski definition) is 2. The van der Waals surface area contributed by atoms with Crippen LogP contribution < -0.4 is 11.1 Å². The second-order valence-electron chi connectivity index (χ2n) is 5.30. The first-order valence-electron chi connectivity index (χ1n) is 6.82. The molecule has 1 aromatic carbocycles. The van der Waals surface area contributed by atoms with Crippen molar-refractivity contribution in [3.63, 3.8) is 0 Å². The van der Waals surface area contributed by atoms with Crippen LogP contribution in [0.1, 0.15) is 33.9 Å². The Hall–Kier alpha value is -1.50. The molecule has 0 aliphatic heterocycles. The van der Waals surface area contributed by atoms with Gasteiger partial charge in [-0.15, -0.1) is 23.7 Å². The van der Waals surface area contributed by atoms with Gasteiger partial charge in [0.1, 0.15) is 16.5 Å². The summed E-state index contributed by atoms with van der Waals surface area (Å²) in [4.78, 5) is 16.2. The first-order valence-corrected chi connectivity index (χ1v) is 7.70. The molecule has 118 valence electrons. The van der Waals surface area contributed by atoms with Gasteiger partial charge in [0.2, 0.25) is 0 Å². The zero-order chi connectivity index (χ0) is 14.9. The monoisotopic (exact) mass is 341 g/mol. The van der Waals surface area contributed by atoms with Gasteiger partial charge in [-0.25, -0.2) is 9.37 Å². The van der Waals surface area contributed by atoms with Gasteiger partial charge in [-0.2, -0.15) is 0 Å². The highest BCUT2D eigenvalue weighted by Gasteiger charge is 2.44. The maximum atomic E-state index is 13.3. The third kappa shape index (κ3) is 3.45. The molecule has 4 nitrogen and oxygen atoms in total. The number of halogens is 2. The van der Waals surface area contributed by atoms with Crippen LogP contribution in [0.2, 0.25) is 0 Å². The zero-order valence-corrected chi connectivity index (χ0v) is 13.5. The molecule has 1 fully saturated rings. The largest absolute Gasteiger partial charge is 0.350 e. The summed E-state index contributed by atoms with van der Waals surface area (Å²) in [7, 11) is 0. The molecule has 1 aliphatic rings. The van der Waals surface area contributed by atoms with Crippen molar-refractivity contribution in [3.05, 3.63) is 51.7 Å². The van der Waals surface area contributed by atoms with E-state index in [4.69, 9.17) is 5.73 Å². The number of nitrogens with one attached hydrogen (secondary N) is 1. The predicted octanol–water partition coefficient (Wildman–Crippen LogP) is 2.62. The summed E-state index contributed by atoms with van der Waals surface area (Å²) in [5, 5.41) is 5.35. The van der Waals surface area contributed by atoms with Crippen LogP contribution in [0.5, 0.6) is 0 Å². The van der Waals surface area contributed by atoms with Crippen molar-refractivity contribution in [1.29, 1.82) is 0 Å². The summed E-state index contributed by atoms with van der Waals surface area (Å²) in [6, 6.07) is 6.61. The molecule has 0 unspecified atom stereocenters. The number of rotatable bonds is 5. The predicted molar refractivity (Wildman–Crippen MR) is 86.9 cm³/mol. The van der Waals surface area contributed by atoms with Gasteiger partial charge in [0.25, 0.3) is 5.91 Å². The highest BCUT2D eigenvalue weighted by molar-refractivity contribution is 7.09. The van der Waals surface area contributed by atoms with Gasteiger partial charge in [0.05, 0.1) is 0 Å². The van der Waals surface area contributed by atoms with E-state index < -0.39 is 0 Å². The quantitative estimate of drug-likeness (QED) is 0.878. The smallest absolute Gasteiger partial charge is 0.270 e. The second kappa shape index (κ2) is 6.73. The van der Waals surface area contributed by atoms with E-state index in [0.29, 0.717) is 18.8 Å². The number of thiazole rings is 1. The van der Waals surface area contributed by atoms with E-state index in [-0.39, 0.29) is 29.5 Å². The molecule has 0 atom stereocenters. The fraction of sp³-hybridized carbons (Fsp3) is 0.333. The van der Waals surface area contributed by atoms with Gasteiger partial charge >= 0.3 is 0 Å². The summed E-state index contributed by atoms with van der Waals surface area (Å²) in [6.45, 7) is 0.843. The molecule has 1 aliphatic carbocycles. The van der Waals surface area contributed by atoms with Crippen molar-refractivity contribution >= 4 is 29.7 Å². The number of benzene rings is 1.